The molecule has 4 N–H and O–H groups in total. The van der Waals surface area contributed by atoms with Crippen LogP contribution in [-0.4, -0.2) is 11.4 Å². The fourth-order valence-corrected chi connectivity index (χ4v) is 2.64. The Morgan fingerprint density at radius 3 is 2.87 bits per heavy atom. The van der Waals surface area contributed by atoms with E-state index in [0.717, 1.165) is 16.5 Å². The fraction of sp³-hybridized carbons (Fsp3) is 0.364. The number of amides is 1. The molecule has 0 saturated heterocycles. The van der Waals surface area contributed by atoms with E-state index < -0.39 is 11.4 Å². The highest BCUT2D eigenvalue weighted by molar-refractivity contribution is 9.10. The Balaban J connectivity index is 2.39. The Morgan fingerprint density at radius 2 is 2.20 bits per heavy atom. The highest BCUT2D eigenvalue weighted by atomic mass is 79.9. The molecule has 1 aliphatic carbocycles. The van der Waals surface area contributed by atoms with Gasteiger partial charge in [-0.2, -0.15) is 0 Å². The molecular weight excluding hydrogens is 256 g/mol. The molecule has 2 rings (SSSR count). The minimum Gasteiger partial charge on any atom is -0.368 e. The van der Waals surface area contributed by atoms with Crippen molar-refractivity contribution in [3.8, 4) is 0 Å². The predicted octanol–water partition coefficient (Wildman–Crippen LogP) is 1.12. The lowest BCUT2D eigenvalue weighted by molar-refractivity contribution is -0.123. The second kappa shape index (κ2) is 3.61. The summed E-state index contributed by atoms with van der Waals surface area (Å²) in [6.07, 6.45) is 1.96. The Morgan fingerprint density at radius 1 is 1.47 bits per heavy atom. The zero-order valence-corrected chi connectivity index (χ0v) is 9.88. The Bertz CT molecular complexity index is 419. The lowest BCUT2D eigenvalue weighted by atomic mass is 9.78. The van der Waals surface area contributed by atoms with Crippen molar-refractivity contribution in [3.63, 3.8) is 0 Å². The Kier molecular flexibility index (Phi) is 2.56. The van der Waals surface area contributed by atoms with Crippen LogP contribution in [0, 0.1) is 0 Å². The minimum atomic E-state index is -0.867. The third-order valence-electron chi connectivity index (χ3n) is 3.03. The summed E-state index contributed by atoms with van der Waals surface area (Å²) in [5.74, 6) is -0.409. The van der Waals surface area contributed by atoms with Gasteiger partial charge in [0.15, 0.2) is 0 Å². The Labute approximate surface area is 97.0 Å². The quantitative estimate of drug-likeness (QED) is 0.802. The number of rotatable bonds is 1. The predicted molar refractivity (Wildman–Crippen MR) is 62.3 cm³/mol. The third-order valence-corrected chi connectivity index (χ3v) is 3.78. The van der Waals surface area contributed by atoms with Crippen LogP contribution < -0.4 is 11.5 Å². The van der Waals surface area contributed by atoms with Crippen LogP contribution in [0.4, 0.5) is 0 Å². The summed E-state index contributed by atoms with van der Waals surface area (Å²) in [5, 5.41) is 0. The average molecular weight is 269 g/mol. The number of halogens is 1. The smallest absolute Gasteiger partial charge is 0.237 e. The monoisotopic (exact) mass is 268 g/mol. The lowest BCUT2D eigenvalue weighted by Gasteiger charge is -2.32. The van der Waals surface area contributed by atoms with Gasteiger partial charge in [-0.1, -0.05) is 28.1 Å². The van der Waals surface area contributed by atoms with Gasteiger partial charge in [0.2, 0.25) is 5.91 Å². The highest BCUT2D eigenvalue weighted by Gasteiger charge is 2.36. The zero-order chi connectivity index (χ0) is 11.1. The molecule has 15 heavy (non-hydrogen) atoms. The molecule has 1 aromatic carbocycles. The van der Waals surface area contributed by atoms with Crippen LogP contribution >= 0.6 is 15.9 Å². The first kappa shape index (κ1) is 10.6. The third kappa shape index (κ3) is 1.79. The standard InChI is InChI=1S/C11H13BrN2O/c12-9-3-1-2-7-6-11(14,10(13)15)5-4-8(7)9/h1-3H,4-6,14H2,(H2,13,15). The first-order chi connectivity index (χ1) is 7.03. The van der Waals surface area contributed by atoms with Gasteiger partial charge in [0.05, 0.1) is 5.54 Å². The van der Waals surface area contributed by atoms with Gasteiger partial charge < -0.3 is 11.5 Å². The van der Waals surface area contributed by atoms with E-state index in [1.54, 1.807) is 0 Å². The normalized spacial score (nSPS) is 24.7. The van der Waals surface area contributed by atoms with E-state index in [1.807, 2.05) is 18.2 Å². The zero-order valence-electron chi connectivity index (χ0n) is 8.29. The molecule has 0 heterocycles. The van der Waals surface area contributed by atoms with Crippen molar-refractivity contribution in [2.75, 3.05) is 0 Å². The molecule has 0 aromatic heterocycles. The van der Waals surface area contributed by atoms with E-state index in [4.69, 9.17) is 11.5 Å². The summed E-state index contributed by atoms with van der Waals surface area (Å²) in [7, 11) is 0. The molecule has 0 radical (unpaired) electrons. The molecule has 1 aromatic rings. The molecule has 0 spiro atoms. The average Bonchev–Trinajstić information content (AvgIpc) is 2.17. The number of hydrogen-bond acceptors (Lipinski definition) is 2. The van der Waals surface area contributed by atoms with Gasteiger partial charge in [0.1, 0.15) is 0 Å². The topological polar surface area (TPSA) is 69.1 Å². The first-order valence-electron chi connectivity index (χ1n) is 4.88. The maximum atomic E-state index is 11.3. The molecule has 80 valence electrons. The molecule has 1 unspecified atom stereocenters. The van der Waals surface area contributed by atoms with Crippen LogP contribution in [0.2, 0.25) is 0 Å². The summed E-state index contributed by atoms with van der Waals surface area (Å²) < 4.78 is 1.09. The molecule has 3 nitrogen and oxygen atoms in total. The minimum absolute atomic E-state index is 0.409. The summed E-state index contributed by atoms with van der Waals surface area (Å²) in [5.41, 5.74) is 12.8. The van der Waals surface area contributed by atoms with Gasteiger partial charge in [0.25, 0.3) is 0 Å². The lowest BCUT2D eigenvalue weighted by Crippen LogP contribution is -2.55. The first-order valence-corrected chi connectivity index (χ1v) is 5.67. The van der Waals surface area contributed by atoms with Crippen LogP contribution in [0.25, 0.3) is 0 Å². The van der Waals surface area contributed by atoms with E-state index in [9.17, 15) is 4.79 Å². The van der Waals surface area contributed by atoms with Crippen LogP contribution in [-0.2, 0) is 17.6 Å². The molecule has 0 saturated carbocycles. The van der Waals surface area contributed by atoms with Crippen molar-refractivity contribution in [2.45, 2.75) is 24.8 Å². The molecule has 1 amide bonds. The second-order valence-electron chi connectivity index (χ2n) is 4.07. The molecule has 0 bridgehead atoms. The summed E-state index contributed by atoms with van der Waals surface area (Å²) in [6, 6.07) is 5.96. The summed E-state index contributed by atoms with van der Waals surface area (Å²) in [6.45, 7) is 0. The summed E-state index contributed by atoms with van der Waals surface area (Å²) >= 11 is 3.50. The molecule has 1 aliphatic rings. The van der Waals surface area contributed by atoms with Crippen molar-refractivity contribution in [3.05, 3.63) is 33.8 Å². The van der Waals surface area contributed by atoms with Crippen molar-refractivity contribution in [2.24, 2.45) is 11.5 Å². The van der Waals surface area contributed by atoms with E-state index in [2.05, 4.69) is 15.9 Å². The largest absolute Gasteiger partial charge is 0.368 e. The number of carbonyl (C=O) groups excluding carboxylic acids is 1. The van der Waals surface area contributed by atoms with Gasteiger partial charge in [-0.15, -0.1) is 0 Å². The maximum absolute atomic E-state index is 11.3. The SMILES string of the molecule is NC(=O)C1(N)CCc2c(Br)cccc2C1. The molecule has 0 fully saturated rings. The second-order valence-corrected chi connectivity index (χ2v) is 4.93. The summed E-state index contributed by atoms with van der Waals surface area (Å²) in [4.78, 5) is 11.3. The van der Waals surface area contributed by atoms with Gasteiger partial charge in [-0.3, -0.25) is 4.79 Å². The maximum Gasteiger partial charge on any atom is 0.237 e. The van der Waals surface area contributed by atoms with E-state index in [0.29, 0.717) is 12.8 Å². The number of primary amides is 1. The van der Waals surface area contributed by atoms with Crippen LogP contribution in [0.5, 0.6) is 0 Å². The van der Waals surface area contributed by atoms with Crippen molar-refractivity contribution in [1.82, 2.24) is 0 Å². The van der Waals surface area contributed by atoms with Crippen LogP contribution in [0.1, 0.15) is 17.5 Å². The number of carbonyl (C=O) groups is 1. The molecule has 4 heteroatoms. The number of nitrogens with two attached hydrogens (primary N) is 2. The highest BCUT2D eigenvalue weighted by Crippen LogP contribution is 2.31. The van der Waals surface area contributed by atoms with Crippen molar-refractivity contribution >= 4 is 21.8 Å². The van der Waals surface area contributed by atoms with Gasteiger partial charge in [0, 0.05) is 4.47 Å². The molecular formula is C11H13BrN2O. The van der Waals surface area contributed by atoms with E-state index in [-0.39, 0.29) is 0 Å². The number of benzene rings is 1. The van der Waals surface area contributed by atoms with Crippen molar-refractivity contribution < 1.29 is 4.79 Å². The number of fused-ring (bicyclic) bond motifs is 1. The van der Waals surface area contributed by atoms with Gasteiger partial charge in [-0.25, -0.2) is 0 Å². The van der Waals surface area contributed by atoms with Crippen LogP contribution in [0.3, 0.4) is 0 Å². The van der Waals surface area contributed by atoms with E-state index in [1.165, 1.54) is 5.56 Å². The Hall–Kier alpha value is -0.870. The molecule has 0 aliphatic heterocycles. The fourth-order valence-electron chi connectivity index (χ4n) is 2.04. The molecule has 1 atom stereocenters. The van der Waals surface area contributed by atoms with Gasteiger partial charge >= 0.3 is 0 Å². The van der Waals surface area contributed by atoms with E-state index >= 15 is 0 Å². The van der Waals surface area contributed by atoms with Crippen LogP contribution in [0.15, 0.2) is 22.7 Å². The number of hydrogen-bond donors (Lipinski definition) is 2. The van der Waals surface area contributed by atoms with Gasteiger partial charge in [-0.05, 0) is 36.5 Å². The van der Waals surface area contributed by atoms with Crippen molar-refractivity contribution in [1.29, 1.82) is 0 Å².